The number of furan rings is 1. The van der Waals surface area contributed by atoms with Gasteiger partial charge in [-0.05, 0) is 56.0 Å². The lowest BCUT2D eigenvalue weighted by Gasteiger charge is -2.40. The molecule has 2 aliphatic heterocycles. The van der Waals surface area contributed by atoms with Gasteiger partial charge in [-0.15, -0.1) is 0 Å². The molecule has 4 nitrogen and oxygen atoms in total. The Kier molecular flexibility index (Phi) is 5.34. The molecule has 0 bridgehead atoms. The van der Waals surface area contributed by atoms with E-state index in [-0.39, 0.29) is 0 Å². The lowest BCUT2D eigenvalue weighted by atomic mass is 9.79. The second kappa shape index (κ2) is 7.44. The Labute approximate surface area is 133 Å². The number of hydrogen-bond acceptors (Lipinski definition) is 4. The zero-order chi connectivity index (χ0) is 15.3. The van der Waals surface area contributed by atoms with Crippen LogP contribution in [0.1, 0.15) is 25.0 Å². The highest BCUT2D eigenvalue weighted by atomic mass is 16.5. The molecule has 2 fully saturated rings. The van der Waals surface area contributed by atoms with Gasteiger partial charge >= 0.3 is 0 Å². The van der Waals surface area contributed by atoms with Crippen molar-refractivity contribution in [2.75, 3.05) is 53.0 Å². The van der Waals surface area contributed by atoms with E-state index in [0.29, 0.717) is 5.41 Å². The van der Waals surface area contributed by atoms with Crippen LogP contribution in [0.4, 0.5) is 0 Å². The van der Waals surface area contributed by atoms with E-state index >= 15 is 0 Å². The summed E-state index contributed by atoms with van der Waals surface area (Å²) in [5.41, 5.74) is 0.518. The summed E-state index contributed by atoms with van der Waals surface area (Å²) < 4.78 is 10.6. The maximum atomic E-state index is 5.34. The predicted molar refractivity (Wildman–Crippen MR) is 88.8 cm³/mol. The summed E-state index contributed by atoms with van der Waals surface area (Å²) in [7, 11) is 1.79. The quantitative estimate of drug-likeness (QED) is 0.808. The summed E-state index contributed by atoms with van der Waals surface area (Å²) in [6.07, 6.45) is 10.1. The second-order valence-corrected chi connectivity index (χ2v) is 6.78. The van der Waals surface area contributed by atoms with E-state index in [1.807, 2.05) is 12.1 Å². The first-order valence-electron chi connectivity index (χ1n) is 8.43. The van der Waals surface area contributed by atoms with Crippen LogP contribution < -0.4 is 0 Å². The van der Waals surface area contributed by atoms with Gasteiger partial charge in [-0.25, -0.2) is 0 Å². The minimum atomic E-state index is 0.518. The Bertz CT molecular complexity index is 471. The van der Waals surface area contributed by atoms with E-state index < -0.39 is 0 Å². The Morgan fingerprint density at radius 1 is 1.27 bits per heavy atom. The number of methoxy groups -OCH3 is 1. The first-order valence-corrected chi connectivity index (χ1v) is 8.43. The molecule has 1 aromatic heterocycles. The summed E-state index contributed by atoms with van der Waals surface area (Å²) in [6.45, 7) is 7.90. The van der Waals surface area contributed by atoms with Crippen molar-refractivity contribution in [3.63, 3.8) is 0 Å². The summed E-state index contributed by atoms with van der Waals surface area (Å²) in [4.78, 5) is 5.18. The van der Waals surface area contributed by atoms with E-state index in [1.54, 1.807) is 13.4 Å². The molecule has 2 aliphatic rings. The van der Waals surface area contributed by atoms with Crippen LogP contribution in [0, 0.1) is 5.41 Å². The highest BCUT2D eigenvalue weighted by Crippen LogP contribution is 2.38. The Morgan fingerprint density at radius 2 is 2.18 bits per heavy atom. The third kappa shape index (κ3) is 4.00. The SMILES string of the molecule is COCCN1CCCC2(CCN(C/C=C/c3ccco3)C2)C1. The highest BCUT2D eigenvalue weighted by Gasteiger charge is 2.40. The third-order valence-electron chi connectivity index (χ3n) is 5.06. The van der Waals surface area contributed by atoms with Crippen molar-refractivity contribution in [2.24, 2.45) is 5.41 Å². The van der Waals surface area contributed by atoms with Gasteiger partial charge in [0.1, 0.15) is 5.76 Å². The normalized spacial score (nSPS) is 27.3. The van der Waals surface area contributed by atoms with Gasteiger partial charge < -0.3 is 14.1 Å². The van der Waals surface area contributed by atoms with Gasteiger partial charge in [-0.2, -0.15) is 0 Å². The molecule has 3 rings (SSSR count). The van der Waals surface area contributed by atoms with Crippen molar-refractivity contribution in [3.05, 3.63) is 30.2 Å². The molecule has 22 heavy (non-hydrogen) atoms. The highest BCUT2D eigenvalue weighted by molar-refractivity contribution is 5.42. The minimum Gasteiger partial charge on any atom is -0.465 e. The van der Waals surface area contributed by atoms with Crippen LogP contribution in [0.2, 0.25) is 0 Å². The van der Waals surface area contributed by atoms with E-state index in [4.69, 9.17) is 9.15 Å². The zero-order valence-corrected chi connectivity index (χ0v) is 13.7. The van der Waals surface area contributed by atoms with Crippen molar-refractivity contribution in [2.45, 2.75) is 19.3 Å². The van der Waals surface area contributed by atoms with Gasteiger partial charge in [0.15, 0.2) is 0 Å². The van der Waals surface area contributed by atoms with Crippen molar-refractivity contribution >= 4 is 6.08 Å². The fraction of sp³-hybridized carbons (Fsp3) is 0.667. The largest absolute Gasteiger partial charge is 0.465 e. The molecule has 0 N–H and O–H groups in total. The Hall–Kier alpha value is -1.10. The van der Waals surface area contributed by atoms with Crippen molar-refractivity contribution < 1.29 is 9.15 Å². The first-order chi connectivity index (χ1) is 10.8. The molecule has 0 saturated carbocycles. The van der Waals surface area contributed by atoms with Crippen LogP contribution in [0.3, 0.4) is 0 Å². The zero-order valence-electron chi connectivity index (χ0n) is 13.7. The monoisotopic (exact) mass is 304 g/mol. The molecule has 1 unspecified atom stereocenters. The Balaban J connectivity index is 1.48. The van der Waals surface area contributed by atoms with Crippen LogP contribution in [0.5, 0.6) is 0 Å². The predicted octanol–water partition coefficient (Wildman–Crippen LogP) is 2.73. The molecule has 0 aliphatic carbocycles. The summed E-state index contributed by atoms with van der Waals surface area (Å²) >= 11 is 0. The van der Waals surface area contributed by atoms with E-state index in [0.717, 1.165) is 25.5 Å². The number of nitrogens with zero attached hydrogens (tertiary/aromatic N) is 2. The van der Waals surface area contributed by atoms with Gasteiger partial charge in [0.2, 0.25) is 0 Å². The molecule has 0 aromatic carbocycles. The summed E-state index contributed by atoms with van der Waals surface area (Å²) in [6, 6.07) is 3.93. The van der Waals surface area contributed by atoms with Gasteiger partial charge in [0.25, 0.3) is 0 Å². The van der Waals surface area contributed by atoms with Gasteiger partial charge in [0, 0.05) is 33.3 Å². The van der Waals surface area contributed by atoms with Crippen LogP contribution in [-0.4, -0.2) is 62.8 Å². The number of ether oxygens (including phenoxy) is 1. The van der Waals surface area contributed by atoms with Gasteiger partial charge in [0.05, 0.1) is 12.9 Å². The summed E-state index contributed by atoms with van der Waals surface area (Å²) in [5, 5.41) is 0. The molecule has 0 radical (unpaired) electrons. The topological polar surface area (TPSA) is 28.9 Å². The van der Waals surface area contributed by atoms with Crippen LogP contribution >= 0.6 is 0 Å². The van der Waals surface area contributed by atoms with Crippen molar-refractivity contribution in [3.8, 4) is 0 Å². The standard InChI is InChI=1S/C18H28N2O2/c1-21-14-12-20-10-4-7-18(16-20)8-11-19(15-18)9-2-5-17-6-3-13-22-17/h2-3,5-6,13H,4,7-12,14-16H2,1H3/b5-2+. The second-order valence-electron chi connectivity index (χ2n) is 6.78. The fourth-order valence-electron chi connectivity index (χ4n) is 3.94. The Morgan fingerprint density at radius 3 is 3.00 bits per heavy atom. The molecular formula is C18H28N2O2. The molecule has 0 amide bonds. The van der Waals surface area contributed by atoms with Crippen LogP contribution in [-0.2, 0) is 4.74 Å². The fourth-order valence-corrected chi connectivity index (χ4v) is 3.94. The molecule has 1 atom stereocenters. The average molecular weight is 304 g/mol. The number of piperidine rings is 1. The number of likely N-dealkylation sites (tertiary alicyclic amines) is 2. The number of rotatable bonds is 6. The van der Waals surface area contributed by atoms with E-state index in [9.17, 15) is 0 Å². The van der Waals surface area contributed by atoms with Crippen LogP contribution in [0.25, 0.3) is 6.08 Å². The first kappa shape index (κ1) is 15.8. The molecule has 1 spiro atoms. The molecule has 122 valence electrons. The number of hydrogen-bond donors (Lipinski definition) is 0. The maximum Gasteiger partial charge on any atom is 0.126 e. The molecule has 3 heterocycles. The lowest BCUT2D eigenvalue weighted by molar-refractivity contribution is 0.0686. The summed E-state index contributed by atoms with van der Waals surface area (Å²) in [5.74, 6) is 0.942. The van der Waals surface area contributed by atoms with Gasteiger partial charge in [-0.1, -0.05) is 6.08 Å². The maximum absolute atomic E-state index is 5.34. The van der Waals surface area contributed by atoms with E-state index in [2.05, 4.69) is 22.0 Å². The van der Waals surface area contributed by atoms with Crippen molar-refractivity contribution in [1.82, 2.24) is 9.80 Å². The molecule has 4 heteroatoms. The van der Waals surface area contributed by atoms with Gasteiger partial charge in [-0.3, -0.25) is 4.90 Å². The molecular weight excluding hydrogens is 276 g/mol. The van der Waals surface area contributed by atoms with Crippen LogP contribution in [0.15, 0.2) is 28.9 Å². The third-order valence-corrected chi connectivity index (χ3v) is 5.06. The molecule has 2 saturated heterocycles. The average Bonchev–Trinajstić information content (AvgIpc) is 3.16. The minimum absolute atomic E-state index is 0.518. The lowest BCUT2D eigenvalue weighted by Crippen LogP contribution is -2.45. The van der Waals surface area contributed by atoms with E-state index in [1.165, 1.54) is 45.4 Å². The molecule has 1 aromatic rings. The van der Waals surface area contributed by atoms with Crippen molar-refractivity contribution in [1.29, 1.82) is 0 Å². The smallest absolute Gasteiger partial charge is 0.126 e.